The molecule has 0 aromatic heterocycles. The van der Waals surface area contributed by atoms with Gasteiger partial charge in [-0.25, -0.2) is 5.84 Å². The fraction of sp³-hybridized carbons (Fsp3) is 0.923. The lowest BCUT2D eigenvalue weighted by Gasteiger charge is -2.23. The van der Waals surface area contributed by atoms with E-state index in [1.807, 2.05) is 0 Å². The predicted molar refractivity (Wildman–Crippen MR) is 69.8 cm³/mol. The number of rotatable bonds is 3. The third-order valence-electron chi connectivity index (χ3n) is 4.01. The Morgan fingerprint density at radius 2 is 2.06 bits per heavy atom. The van der Waals surface area contributed by atoms with E-state index in [1.165, 1.54) is 32.1 Å². The van der Waals surface area contributed by atoms with Crippen LogP contribution in [-0.4, -0.2) is 24.6 Å². The maximum absolute atomic E-state index is 5.71. The normalized spacial score (nSPS) is 31.8. The largest absolute Gasteiger partial charge is 0.377 e. The van der Waals surface area contributed by atoms with E-state index in [4.69, 9.17) is 15.6 Å². The molecule has 1 aliphatic carbocycles. The first-order chi connectivity index (χ1) is 8.35. The van der Waals surface area contributed by atoms with Crippen molar-refractivity contribution >= 4 is 5.84 Å². The molecule has 0 aromatic rings. The van der Waals surface area contributed by atoms with E-state index in [9.17, 15) is 0 Å². The molecule has 2 aliphatic rings. The third kappa shape index (κ3) is 3.19. The Morgan fingerprint density at radius 3 is 2.71 bits per heavy atom. The number of nitrogens with zero attached hydrogens (tertiary/aromatic N) is 1. The van der Waals surface area contributed by atoms with Crippen LogP contribution >= 0.6 is 0 Å². The standard InChI is InChI=1S/C13H25N3O/c1-2-12-11(8-9-17-12)13(16-14)15-10-6-4-3-5-7-10/h10-12H,2-9,14H2,1H3,(H,15,16). The summed E-state index contributed by atoms with van der Waals surface area (Å²) in [6.45, 7) is 3.01. The van der Waals surface area contributed by atoms with Crippen molar-refractivity contribution in [2.45, 2.75) is 64.0 Å². The van der Waals surface area contributed by atoms with E-state index in [0.29, 0.717) is 18.1 Å². The lowest BCUT2D eigenvalue weighted by atomic mass is 9.94. The van der Waals surface area contributed by atoms with Gasteiger partial charge in [0.15, 0.2) is 0 Å². The number of hydrazine groups is 1. The molecule has 4 heteroatoms. The lowest BCUT2D eigenvalue weighted by molar-refractivity contribution is 0.0983. The second-order valence-electron chi connectivity index (χ2n) is 5.16. The van der Waals surface area contributed by atoms with E-state index in [1.54, 1.807) is 0 Å². The van der Waals surface area contributed by atoms with Crippen molar-refractivity contribution in [3.63, 3.8) is 0 Å². The van der Waals surface area contributed by atoms with Crippen LogP contribution in [0.25, 0.3) is 0 Å². The van der Waals surface area contributed by atoms with Gasteiger partial charge in [-0.1, -0.05) is 26.2 Å². The molecule has 1 heterocycles. The maximum atomic E-state index is 5.71. The zero-order valence-corrected chi connectivity index (χ0v) is 10.8. The molecule has 2 atom stereocenters. The Hall–Kier alpha value is -0.610. The summed E-state index contributed by atoms with van der Waals surface area (Å²) >= 11 is 0. The summed E-state index contributed by atoms with van der Waals surface area (Å²) in [4.78, 5) is 4.83. The van der Waals surface area contributed by atoms with Crippen LogP contribution < -0.4 is 11.3 Å². The Morgan fingerprint density at radius 1 is 1.29 bits per heavy atom. The zero-order chi connectivity index (χ0) is 12.1. The third-order valence-corrected chi connectivity index (χ3v) is 4.01. The first kappa shape index (κ1) is 12.8. The van der Waals surface area contributed by atoms with Gasteiger partial charge in [0.1, 0.15) is 5.84 Å². The molecule has 0 bridgehead atoms. The molecule has 98 valence electrons. The maximum Gasteiger partial charge on any atom is 0.116 e. The number of hydrogen-bond donors (Lipinski definition) is 2. The van der Waals surface area contributed by atoms with Gasteiger partial charge in [0, 0.05) is 12.5 Å². The number of ether oxygens (including phenoxy) is 1. The second kappa shape index (κ2) is 6.36. The van der Waals surface area contributed by atoms with Gasteiger partial charge in [0.05, 0.1) is 12.1 Å². The molecule has 1 saturated carbocycles. The van der Waals surface area contributed by atoms with Crippen molar-refractivity contribution in [3.05, 3.63) is 0 Å². The van der Waals surface area contributed by atoms with Gasteiger partial charge < -0.3 is 10.2 Å². The molecule has 2 unspecified atom stereocenters. The van der Waals surface area contributed by atoms with Crippen molar-refractivity contribution in [1.29, 1.82) is 0 Å². The monoisotopic (exact) mass is 239 g/mol. The molecule has 1 saturated heterocycles. The summed E-state index contributed by atoms with van der Waals surface area (Å²) < 4.78 is 5.71. The van der Waals surface area contributed by atoms with Crippen LogP contribution in [0, 0.1) is 5.92 Å². The number of nitrogens with one attached hydrogen (secondary N) is 1. The number of hydrogen-bond acceptors (Lipinski definition) is 3. The highest BCUT2D eigenvalue weighted by atomic mass is 16.5. The molecule has 2 rings (SSSR count). The minimum absolute atomic E-state index is 0.299. The minimum Gasteiger partial charge on any atom is -0.377 e. The van der Waals surface area contributed by atoms with Gasteiger partial charge in [-0.2, -0.15) is 0 Å². The molecule has 2 fully saturated rings. The van der Waals surface area contributed by atoms with Gasteiger partial charge in [-0.15, -0.1) is 0 Å². The van der Waals surface area contributed by atoms with Crippen LogP contribution in [0.2, 0.25) is 0 Å². The molecule has 0 radical (unpaired) electrons. The van der Waals surface area contributed by atoms with E-state index in [0.717, 1.165) is 25.3 Å². The lowest BCUT2D eigenvalue weighted by Crippen LogP contribution is -2.40. The highest BCUT2D eigenvalue weighted by molar-refractivity contribution is 5.85. The van der Waals surface area contributed by atoms with Crippen LogP contribution in [0.15, 0.2) is 4.99 Å². The first-order valence-corrected chi connectivity index (χ1v) is 7.01. The molecule has 3 N–H and O–H groups in total. The summed E-state index contributed by atoms with van der Waals surface area (Å²) in [5, 5.41) is 0. The summed E-state index contributed by atoms with van der Waals surface area (Å²) in [7, 11) is 0. The van der Waals surface area contributed by atoms with Crippen molar-refractivity contribution in [3.8, 4) is 0 Å². The SMILES string of the molecule is CCC1OCCC1C(=NC1CCCCC1)NN. The second-order valence-corrected chi connectivity index (χ2v) is 5.16. The first-order valence-electron chi connectivity index (χ1n) is 7.01. The van der Waals surface area contributed by atoms with Crippen molar-refractivity contribution in [2.75, 3.05) is 6.61 Å². The van der Waals surface area contributed by atoms with Crippen LogP contribution in [0.3, 0.4) is 0 Å². The highest BCUT2D eigenvalue weighted by Gasteiger charge is 2.31. The van der Waals surface area contributed by atoms with Crippen molar-refractivity contribution < 1.29 is 4.74 Å². The highest BCUT2D eigenvalue weighted by Crippen LogP contribution is 2.26. The van der Waals surface area contributed by atoms with Gasteiger partial charge in [-0.3, -0.25) is 4.99 Å². The Kier molecular flexibility index (Phi) is 4.80. The molecule has 4 nitrogen and oxygen atoms in total. The quantitative estimate of drug-likeness (QED) is 0.343. The van der Waals surface area contributed by atoms with Crippen LogP contribution in [-0.2, 0) is 4.74 Å². The summed E-state index contributed by atoms with van der Waals surface area (Å²) in [5.41, 5.74) is 2.83. The summed E-state index contributed by atoms with van der Waals surface area (Å²) in [6, 6.07) is 0.480. The fourth-order valence-corrected chi connectivity index (χ4v) is 3.01. The van der Waals surface area contributed by atoms with Gasteiger partial charge in [-0.05, 0) is 25.7 Å². The molecule has 17 heavy (non-hydrogen) atoms. The number of amidine groups is 1. The van der Waals surface area contributed by atoms with E-state index >= 15 is 0 Å². The number of aliphatic imine (C=N–C) groups is 1. The van der Waals surface area contributed by atoms with Crippen molar-refractivity contribution in [1.82, 2.24) is 5.43 Å². The van der Waals surface area contributed by atoms with Gasteiger partial charge in [0.25, 0.3) is 0 Å². The van der Waals surface area contributed by atoms with Crippen LogP contribution in [0.5, 0.6) is 0 Å². The molecule has 0 amide bonds. The van der Waals surface area contributed by atoms with Crippen molar-refractivity contribution in [2.24, 2.45) is 16.8 Å². The van der Waals surface area contributed by atoms with Gasteiger partial charge >= 0.3 is 0 Å². The van der Waals surface area contributed by atoms with E-state index in [2.05, 4.69) is 12.3 Å². The molecule has 0 aromatic carbocycles. The average molecular weight is 239 g/mol. The molecular weight excluding hydrogens is 214 g/mol. The Labute approximate surface area is 104 Å². The topological polar surface area (TPSA) is 59.6 Å². The molecule has 0 spiro atoms. The summed E-state index contributed by atoms with van der Waals surface area (Å²) in [6.07, 6.45) is 8.81. The van der Waals surface area contributed by atoms with E-state index in [-0.39, 0.29) is 0 Å². The Bertz CT molecular complexity index is 261. The van der Waals surface area contributed by atoms with Crippen LogP contribution in [0.4, 0.5) is 0 Å². The zero-order valence-electron chi connectivity index (χ0n) is 10.8. The summed E-state index contributed by atoms with van der Waals surface area (Å²) in [5.74, 6) is 7.01. The molecular formula is C13H25N3O. The average Bonchev–Trinajstić information content (AvgIpc) is 2.85. The predicted octanol–water partition coefficient (Wildman–Crippen LogP) is 2.00. The minimum atomic E-state index is 0.299. The van der Waals surface area contributed by atoms with E-state index < -0.39 is 0 Å². The smallest absolute Gasteiger partial charge is 0.116 e. The fourth-order valence-electron chi connectivity index (χ4n) is 3.01. The van der Waals surface area contributed by atoms with Crippen LogP contribution in [0.1, 0.15) is 51.9 Å². The van der Waals surface area contributed by atoms with Gasteiger partial charge in [0.2, 0.25) is 0 Å². The Balaban J connectivity index is 2.00. The number of nitrogens with two attached hydrogens (primary N) is 1. The molecule has 1 aliphatic heterocycles.